The van der Waals surface area contributed by atoms with E-state index in [9.17, 15) is 9.59 Å². The topological polar surface area (TPSA) is 97.0 Å². The molecule has 0 aliphatic carbocycles. The van der Waals surface area contributed by atoms with Gasteiger partial charge in [-0.2, -0.15) is 0 Å². The Morgan fingerprint density at radius 1 is 1.22 bits per heavy atom. The highest BCUT2D eigenvalue weighted by Gasteiger charge is 2.23. The lowest BCUT2D eigenvalue weighted by atomic mass is 9.95. The maximum absolute atomic E-state index is 11.3. The molecule has 7 nitrogen and oxygen atoms in total. The molecule has 3 N–H and O–H groups in total. The lowest BCUT2D eigenvalue weighted by Crippen LogP contribution is -2.47. The number of nitrogens with zero attached hydrogens (tertiary/aromatic N) is 2. The van der Waals surface area contributed by atoms with Gasteiger partial charge in [-0.15, -0.1) is 24.0 Å². The predicted molar refractivity (Wildman–Crippen MR) is 119 cm³/mol. The minimum absolute atomic E-state index is 0. The molecule has 0 spiro atoms. The highest BCUT2D eigenvalue weighted by atomic mass is 127. The summed E-state index contributed by atoms with van der Waals surface area (Å²) in [6.45, 7) is 7.77. The third kappa shape index (κ3) is 12.1. The van der Waals surface area contributed by atoms with Gasteiger partial charge in [0.1, 0.15) is 0 Å². The number of amides is 1. The third-order valence-electron chi connectivity index (χ3n) is 4.50. The van der Waals surface area contributed by atoms with E-state index in [0.29, 0.717) is 25.4 Å². The van der Waals surface area contributed by atoms with Gasteiger partial charge in [-0.05, 0) is 45.4 Å². The average Bonchev–Trinajstić information content (AvgIpc) is 2.60. The van der Waals surface area contributed by atoms with Crippen LogP contribution < -0.4 is 11.1 Å². The van der Waals surface area contributed by atoms with Crippen molar-refractivity contribution in [1.29, 1.82) is 0 Å². The van der Waals surface area contributed by atoms with Crippen molar-refractivity contribution in [2.75, 3.05) is 32.8 Å². The van der Waals surface area contributed by atoms with Crippen LogP contribution >= 0.6 is 24.0 Å². The summed E-state index contributed by atoms with van der Waals surface area (Å²) in [4.78, 5) is 29.4. The van der Waals surface area contributed by atoms with Gasteiger partial charge in [-0.25, -0.2) is 0 Å². The van der Waals surface area contributed by atoms with E-state index in [1.165, 1.54) is 0 Å². The van der Waals surface area contributed by atoms with Crippen LogP contribution in [0, 0.1) is 5.92 Å². The van der Waals surface area contributed by atoms with Gasteiger partial charge in [-0.3, -0.25) is 14.6 Å². The fourth-order valence-corrected chi connectivity index (χ4v) is 3.29. The molecule has 0 aromatic rings. The number of unbranched alkanes of at least 4 members (excludes halogenated alkanes) is 3. The summed E-state index contributed by atoms with van der Waals surface area (Å²) in [7, 11) is 0. The number of esters is 1. The molecule has 1 atom stereocenters. The van der Waals surface area contributed by atoms with Gasteiger partial charge in [0.2, 0.25) is 5.91 Å². The Labute approximate surface area is 180 Å². The Hall–Kier alpha value is -1.06. The summed E-state index contributed by atoms with van der Waals surface area (Å²) in [6.07, 6.45) is 7.06. The van der Waals surface area contributed by atoms with Crippen LogP contribution in [0.25, 0.3) is 0 Å². The number of primary amides is 1. The summed E-state index contributed by atoms with van der Waals surface area (Å²) in [5, 5.41) is 3.36. The molecule has 158 valence electrons. The molecule has 1 aliphatic rings. The lowest BCUT2D eigenvalue weighted by molar-refractivity contribution is -0.143. The number of carbonyl (C=O) groups excluding carboxylic acids is 2. The van der Waals surface area contributed by atoms with Crippen LogP contribution in [-0.2, 0) is 14.3 Å². The van der Waals surface area contributed by atoms with Crippen molar-refractivity contribution in [3.05, 3.63) is 0 Å². The van der Waals surface area contributed by atoms with E-state index < -0.39 is 0 Å². The Morgan fingerprint density at radius 3 is 2.63 bits per heavy atom. The summed E-state index contributed by atoms with van der Waals surface area (Å²) >= 11 is 0. The molecule has 1 heterocycles. The number of carbonyl (C=O) groups is 2. The monoisotopic (exact) mass is 496 g/mol. The van der Waals surface area contributed by atoms with Crippen molar-refractivity contribution >= 4 is 41.8 Å². The molecular formula is C19H37IN4O3. The van der Waals surface area contributed by atoms with Gasteiger partial charge in [0.15, 0.2) is 5.96 Å². The lowest BCUT2D eigenvalue weighted by Gasteiger charge is -2.34. The van der Waals surface area contributed by atoms with Crippen molar-refractivity contribution < 1.29 is 14.3 Å². The number of piperidine rings is 1. The molecule has 1 amide bonds. The fourth-order valence-electron chi connectivity index (χ4n) is 3.29. The minimum Gasteiger partial charge on any atom is -0.466 e. The van der Waals surface area contributed by atoms with Gasteiger partial charge >= 0.3 is 5.97 Å². The number of aliphatic imine (C=N–C) groups is 1. The number of halogens is 1. The number of likely N-dealkylation sites (tertiary alicyclic amines) is 1. The largest absolute Gasteiger partial charge is 0.466 e. The molecule has 1 aliphatic heterocycles. The number of hydrogen-bond donors (Lipinski definition) is 2. The van der Waals surface area contributed by atoms with Crippen LogP contribution in [0.15, 0.2) is 4.99 Å². The number of rotatable bonds is 11. The molecule has 8 heteroatoms. The molecule has 1 fully saturated rings. The summed E-state index contributed by atoms with van der Waals surface area (Å²) < 4.78 is 4.92. The van der Waals surface area contributed by atoms with Crippen LogP contribution in [0.1, 0.15) is 65.2 Å². The van der Waals surface area contributed by atoms with Gasteiger partial charge in [-0.1, -0.05) is 12.8 Å². The number of guanidine groups is 1. The maximum atomic E-state index is 11.3. The zero-order valence-electron chi connectivity index (χ0n) is 16.9. The van der Waals surface area contributed by atoms with Gasteiger partial charge in [0, 0.05) is 39.0 Å². The standard InChI is InChI=1S/C19H36N4O3.HI/c1-3-21-19(23-13-9-10-16(15-23)14-17(20)24)22-12-8-6-5-7-11-18(25)26-4-2;/h16H,3-15H2,1-2H3,(H2,20,24)(H,21,22);1H. The number of hydrogen-bond acceptors (Lipinski definition) is 4. The first-order chi connectivity index (χ1) is 12.6. The van der Waals surface area contributed by atoms with Crippen LogP contribution in [-0.4, -0.2) is 55.5 Å². The Balaban J connectivity index is 0.00000676. The smallest absolute Gasteiger partial charge is 0.305 e. The van der Waals surface area contributed by atoms with E-state index in [0.717, 1.165) is 70.7 Å². The molecule has 0 aromatic carbocycles. The zero-order chi connectivity index (χ0) is 19.2. The molecule has 1 saturated heterocycles. The summed E-state index contributed by atoms with van der Waals surface area (Å²) in [6, 6.07) is 0. The van der Waals surface area contributed by atoms with E-state index in [2.05, 4.69) is 17.1 Å². The molecule has 0 saturated carbocycles. The molecule has 27 heavy (non-hydrogen) atoms. The molecular weight excluding hydrogens is 459 g/mol. The highest BCUT2D eigenvalue weighted by Crippen LogP contribution is 2.19. The van der Waals surface area contributed by atoms with Crippen molar-refractivity contribution in [2.45, 2.75) is 65.2 Å². The highest BCUT2D eigenvalue weighted by molar-refractivity contribution is 14.0. The first-order valence-corrected chi connectivity index (χ1v) is 10.0. The van der Waals surface area contributed by atoms with Crippen molar-refractivity contribution in [2.24, 2.45) is 16.6 Å². The second kappa shape index (κ2) is 15.9. The molecule has 1 rings (SSSR count). The number of nitrogens with one attached hydrogen (secondary N) is 1. The van der Waals surface area contributed by atoms with Crippen LogP contribution in [0.5, 0.6) is 0 Å². The normalized spacial score (nSPS) is 17.2. The molecule has 0 aromatic heterocycles. The summed E-state index contributed by atoms with van der Waals surface area (Å²) in [5.74, 6) is 0.943. The Bertz CT molecular complexity index is 460. The average molecular weight is 496 g/mol. The van der Waals surface area contributed by atoms with Crippen molar-refractivity contribution in [3.63, 3.8) is 0 Å². The predicted octanol–water partition coefficient (Wildman–Crippen LogP) is 2.67. The third-order valence-corrected chi connectivity index (χ3v) is 4.50. The first kappa shape index (κ1) is 25.9. The first-order valence-electron chi connectivity index (χ1n) is 10.0. The SMILES string of the molecule is CCNC(=NCCCCCCC(=O)OCC)N1CCCC(CC(N)=O)C1.I. The van der Waals surface area contributed by atoms with Crippen LogP contribution in [0.2, 0.25) is 0 Å². The second-order valence-corrected chi connectivity index (χ2v) is 6.83. The fraction of sp³-hybridized carbons (Fsp3) is 0.842. The van der Waals surface area contributed by atoms with E-state index in [1.54, 1.807) is 0 Å². The second-order valence-electron chi connectivity index (χ2n) is 6.83. The zero-order valence-corrected chi connectivity index (χ0v) is 19.2. The van der Waals surface area contributed by atoms with Crippen LogP contribution in [0.4, 0.5) is 0 Å². The number of ether oxygens (including phenoxy) is 1. The van der Waals surface area contributed by atoms with Crippen molar-refractivity contribution in [3.8, 4) is 0 Å². The van der Waals surface area contributed by atoms with Gasteiger partial charge in [0.25, 0.3) is 0 Å². The Morgan fingerprint density at radius 2 is 1.96 bits per heavy atom. The maximum Gasteiger partial charge on any atom is 0.305 e. The van der Waals surface area contributed by atoms with E-state index in [4.69, 9.17) is 15.5 Å². The summed E-state index contributed by atoms with van der Waals surface area (Å²) in [5.41, 5.74) is 5.34. The molecule has 1 unspecified atom stereocenters. The van der Waals surface area contributed by atoms with Crippen molar-refractivity contribution in [1.82, 2.24) is 10.2 Å². The molecule has 0 bridgehead atoms. The van der Waals surface area contributed by atoms with E-state index in [1.807, 2.05) is 6.92 Å². The van der Waals surface area contributed by atoms with Crippen LogP contribution in [0.3, 0.4) is 0 Å². The quantitative estimate of drug-likeness (QED) is 0.151. The van der Waals surface area contributed by atoms with Gasteiger partial charge in [0.05, 0.1) is 6.61 Å². The Kier molecular flexibility index (Phi) is 15.3. The molecule has 0 radical (unpaired) electrons. The van der Waals surface area contributed by atoms with E-state index >= 15 is 0 Å². The minimum atomic E-state index is -0.221. The van der Waals surface area contributed by atoms with Gasteiger partial charge < -0.3 is 20.7 Å². The van der Waals surface area contributed by atoms with E-state index in [-0.39, 0.29) is 35.9 Å². The number of nitrogens with two attached hydrogens (primary N) is 1.